The first kappa shape index (κ1) is 17.0. The summed E-state index contributed by atoms with van der Waals surface area (Å²) in [6, 6.07) is 15.2. The number of nitro groups is 1. The zero-order valence-corrected chi connectivity index (χ0v) is 13.1. The number of amidine groups is 1. The van der Waals surface area contributed by atoms with Gasteiger partial charge >= 0.3 is 0 Å². The Kier molecular flexibility index (Phi) is 5.49. The molecule has 0 saturated heterocycles. The molecule has 0 aromatic heterocycles. The summed E-state index contributed by atoms with van der Waals surface area (Å²) in [7, 11) is 0. The Balaban J connectivity index is 2.03. The van der Waals surface area contributed by atoms with Crippen molar-refractivity contribution in [1.82, 2.24) is 0 Å². The SMILES string of the molecule is N#C/C(=N\Nc1ccc(Sc2ccc([N+](=O)[O-])cc2)cc1)C(=N)N. The number of rotatable bonds is 6. The fourth-order valence-corrected chi connectivity index (χ4v) is 2.45. The van der Waals surface area contributed by atoms with Gasteiger partial charge in [0.25, 0.3) is 5.69 Å². The molecule has 24 heavy (non-hydrogen) atoms. The molecule has 2 aromatic carbocycles. The van der Waals surface area contributed by atoms with Crippen molar-refractivity contribution < 1.29 is 4.92 Å². The topological polar surface area (TPSA) is 141 Å². The first-order valence-electron chi connectivity index (χ1n) is 6.60. The maximum atomic E-state index is 10.6. The van der Waals surface area contributed by atoms with Crippen LogP contribution in [0.1, 0.15) is 0 Å². The summed E-state index contributed by atoms with van der Waals surface area (Å²) in [6.45, 7) is 0. The lowest BCUT2D eigenvalue weighted by Crippen LogP contribution is -2.21. The Labute approximate surface area is 141 Å². The second-order valence-corrected chi connectivity index (χ2v) is 5.62. The number of hydrazone groups is 1. The Morgan fingerprint density at radius 1 is 1.21 bits per heavy atom. The normalized spacial score (nSPS) is 10.7. The monoisotopic (exact) mass is 340 g/mol. The average molecular weight is 340 g/mol. The number of hydrogen-bond donors (Lipinski definition) is 3. The quantitative estimate of drug-likeness (QED) is 0.319. The lowest BCUT2D eigenvalue weighted by Gasteiger charge is -2.04. The molecule has 0 aliphatic rings. The van der Waals surface area contributed by atoms with Crippen LogP contribution in [0.15, 0.2) is 63.4 Å². The molecule has 0 spiro atoms. The van der Waals surface area contributed by atoms with Crippen LogP contribution in [0.5, 0.6) is 0 Å². The number of nitriles is 1. The molecule has 2 aromatic rings. The van der Waals surface area contributed by atoms with Crippen LogP contribution >= 0.6 is 11.8 Å². The number of anilines is 1. The molecule has 0 aliphatic heterocycles. The van der Waals surface area contributed by atoms with Gasteiger partial charge < -0.3 is 5.73 Å². The van der Waals surface area contributed by atoms with Gasteiger partial charge in [-0.3, -0.25) is 20.9 Å². The van der Waals surface area contributed by atoms with E-state index < -0.39 is 10.8 Å². The minimum absolute atomic E-state index is 0.0514. The third-order valence-electron chi connectivity index (χ3n) is 2.80. The summed E-state index contributed by atoms with van der Waals surface area (Å²) in [5.74, 6) is -0.407. The van der Waals surface area contributed by atoms with Crippen molar-refractivity contribution in [3.8, 4) is 6.07 Å². The molecular formula is C15H12N6O2S. The molecule has 0 aliphatic carbocycles. The third kappa shape index (κ3) is 4.56. The molecular weight excluding hydrogens is 328 g/mol. The summed E-state index contributed by atoms with van der Waals surface area (Å²) < 4.78 is 0. The number of hydrogen-bond acceptors (Lipinski definition) is 7. The molecule has 0 heterocycles. The van der Waals surface area contributed by atoms with Crippen LogP contribution in [0.25, 0.3) is 0 Å². The lowest BCUT2D eigenvalue weighted by molar-refractivity contribution is -0.384. The predicted octanol–water partition coefficient (Wildman–Crippen LogP) is 2.97. The van der Waals surface area contributed by atoms with E-state index >= 15 is 0 Å². The van der Waals surface area contributed by atoms with Gasteiger partial charge in [0, 0.05) is 21.9 Å². The summed E-state index contributed by atoms with van der Waals surface area (Å²) in [5, 5.41) is 30.3. The fourth-order valence-electron chi connectivity index (χ4n) is 1.64. The van der Waals surface area contributed by atoms with Crippen LogP contribution in [0.3, 0.4) is 0 Å². The minimum Gasteiger partial charge on any atom is -0.382 e. The Hall–Kier alpha value is -3.38. The molecule has 120 valence electrons. The standard InChI is InChI=1S/C15H12N6O2S/c16-9-14(15(17)18)20-19-10-1-5-12(6-2-10)24-13-7-3-11(4-8-13)21(22)23/h1-8,19H,(H3,17,18)/b20-14+. The van der Waals surface area contributed by atoms with Crippen LogP contribution in [0.4, 0.5) is 11.4 Å². The lowest BCUT2D eigenvalue weighted by atomic mass is 10.3. The van der Waals surface area contributed by atoms with E-state index in [9.17, 15) is 10.1 Å². The second kappa shape index (κ2) is 7.75. The van der Waals surface area contributed by atoms with Crippen molar-refractivity contribution >= 4 is 34.7 Å². The van der Waals surface area contributed by atoms with E-state index in [0.717, 1.165) is 9.79 Å². The van der Waals surface area contributed by atoms with E-state index in [4.69, 9.17) is 16.4 Å². The predicted molar refractivity (Wildman–Crippen MR) is 92.2 cm³/mol. The molecule has 0 radical (unpaired) electrons. The van der Waals surface area contributed by atoms with E-state index in [1.807, 2.05) is 12.1 Å². The number of nitrogens with two attached hydrogens (primary N) is 1. The Morgan fingerprint density at radius 2 is 1.75 bits per heavy atom. The number of nitrogens with one attached hydrogen (secondary N) is 2. The van der Waals surface area contributed by atoms with Crippen LogP contribution in [-0.4, -0.2) is 16.5 Å². The number of nitrogens with zero attached hydrogens (tertiary/aromatic N) is 3. The fraction of sp³-hybridized carbons (Fsp3) is 0. The summed E-state index contributed by atoms with van der Waals surface area (Å²) in [5.41, 5.74) is 8.34. The van der Waals surface area contributed by atoms with Gasteiger partial charge in [0.1, 0.15) is 6.07 Å². The zero-order chi connectivity index (χ0) is 17.5. The van der Waals surface area contributed by atoms with Gasteiger partial charge in [-0.15, -0.1) is 0 Å². The molecule has 0 amide bonds. The first-order valence-corrected chi connectivity index (χ1v) is 7.42. The van der Waals surface area contributed by atoms with Gasteiger partial charge in [0.05, 0.1) is 10.6 Å². The zero-order valence-electron chi connectivity index (χ0n) is 12.3. The molecule has 8 nitrogen and oxygen atoms in total. The van der Waals surface area contributed by atoms with E-state index in [1.54, 1.807) is 30.3 Å². The van der Waals surface area contributed by atoms with Gasteiger partial charge in [-0.1, -0.05) is 11.8 Å². The van der Waals surface area contributed by atoms with E-state index in [0.29, 0.717) is 5.69 Å². The van der Waals surface area contributed by atoms with E-state index in [-0.39, 0.29) is 11.4 Å². The molecule has 9 heteroatoms. The second-order valence-electron chi connectivity index (χ2n) is 4.48. The number of nitro benzene ring substituents is 1. The average Bonchev–Trinajstić information content (AvgIpc) is 2.57. The van der Waals surface area contributed by atoms with Crippen molar-refractivity contribution in [3.05, 3.63) is 58.6 Å². The highest BCUT2D eigenvalue weighted by Crippen LogP contribution is 2.29. The van der Waals surface area contributed by atoms with Crippen molar-refractivity contribution in [3.63, 3.8) is 0 Å². The summed E-state index contributed by atoms with van der Waals surface area (Å²) in [6.07, 6.45) is 0. The van der Waals surface area contributed by atoms with Gasteiger partial charge in [-0.25, -0.2) is 0 Å². The molecule has 0 saturated carbocycles. The Morgan fingerprint density at radius 3 is 2.21 bits per heavy atom. The molecule has 0 bridgehead atoms. The van der Waals surface area contributed by atoms with Crippen LogP contribution < -0.4 is 11.2 Å². The van der Waals surface area contributed by atoms with Gasteiger partial charge in [-0.05, 0) is 36.4 Å². The molecule has 4 N–H and O–H groups in total. The highest BCUT2D eigenvalue weighted by molar-refractivity contribution is 7.99. The largest absolute Gasteiger partial charge is 0.382 e. The minimum atomic E-state index is -0.439. The van der Waals surface area contributed by atoms with E-state index in [2.05, 4.69) is 10.5 Å². The maximum absolute atomic E-state index is 10.6. The Bertz CT molecular complexity index is 825. The van der Waals surface area contributed by atoms with Gasteiger partial charge in [-0.2, -0.15) is 10.4 Å². The maximum Gasteiger partial charge on any atom is 0.269 e. The highest BCUT2D eigenvalue weighted by atomic mass is 32.2. The molecule has 0 fully saturated rings. The van der Waals surface area contributed by atoms with Gasteiger partial charge in [0.2, 0.25) is 5.71 Å². The highest BCUT2D eigenvalue weighted by Gasteiger charge is 2.05. The van der Waals surface area contributed by atoms with Crippen molar-refractivity contribution in [2.45, 2.75) is 9.79 Å². The first-order chi connectivity index (χ1) is 11.5. The van der Waals surface area contributed by atoms with Crippen molar-refractivity contribution in [2.24, 2.45) is 10.8 Å². The van der Waals surface area contributed by atoms with Crippen LogP contribution in [0, 0.1) is 26.9 Å². The summed E-state index contributed by atoms with van der Waals surface area (Å²) in [4.78, 5) is 12.0. The number of non-ortho nitro benzene ring substituents is 1. The van der Waals surface area contributed by atoms with Crippen molar-refractivity contribution in [1.29, 1.82) is 10.7 Å². The summed E-state index contributed by atoms with van der Waals surface area (Å²) >= 11 is 1.46. The van der Waals surface area contributed by atoms with E-state index in [1.165, 1.54) is 23.9 Å². The molecule has 0 atom stereocenters. The molecule has 0 unspecified atom stereocenters. The third-order valence-corrected chi connectivity index (χ3v) is 3.81. The molecule has 2 rings (SSSR count). The number of benzene rings is 2. The van der Waals surface area contributed by atoms with Crippen molar-refractivity contribution in [2.75, 3.05) is 5.43 Å². The van der Waals surface area contributed by atoms with Crippen LogP contribution in [-0.2, 0) is 0 Å². The van der Waals surface area contributed by atoms with Gasteiger partial charge in [0.15, 0.2) is 5.84 Å². The smallest absolute Gasteiger partial charge is 0.269 e. The van der Waals surface area contributed by atoms with Crippen LogP contribution in [0.2, 0.25) is 0 Å².